The zero-order valence-corrected chi connectivity index (χ0v) is 7.93. The van der Waals surface area contributed by atoms with E-state index in [-0.39, 0.29) is 6.42 Å². The Bertz CT molecular complexity index is 246. The summed E-state index contributed by atoms with van der Waals surface area (Å²) in [4.78, 5) is 10.4. The van der Waals surface area contributed by atoms with Crippen LogP contribution < -0.4 is 5.14 Å². The topological polar surface area (TPSA) is 86.5 Å². The second-order valence-corrected chi connectivity index (χ2v) is 4.12. The highest BCUT2D eigenvalue weighted by molar-refractivity contribution is 7.89. The van der Waals surface area contributed by atoms with Crippen molar-refractivity contribution in [1.29, 1.82) is 0 Å². The van der Waals surface area contributed by atoms with Crippen molar-refractivity contribution in [2.45, 2.75) is 32.1 Å². The largest absolute Gasteiger partial charge is 0.445 e. The average molecular weight is 195 g/mol. The number of nitrogens with two attached hydrogens (primary N) is 1. The summed E-state index contributed by atoms with van der Waals surface area (Å²) < 4.78 is 26.0. The van der Waals surface area contributed by atoms with E-state index in [4.69, 9.17) is 5.14 Å². The molecule has 1 atom stereocenters. The molecule has 0 fully saturated rings. The second kappa shape index (κ2) is 4.42. The predicted octanol–water partition coefficient (Wildman–Crippen LogP) is -0.0358. The van der Waals surface area contributed by atoms with Crippen LogP contribution in [0.4, 0.5) is 0 Å². The molecule has 0 aromatic carbocycles. The molecule has 0 spiro atoms. The van der Waals surface area contributed by atoms with E-state index in [2.05, 4.69) is 4.74 Å². The van der Waals surface area contributed by atoms with E-state index in [9.17, 15) is 13.2 Å². The maximum absolute atomic E-state index is 10.8. The first-order valence-corrected chi connectivity index (χ1v) is 5.17. The van der Waals surface area contributed by atoms with Crippen molar-refractivity contribution in [3.05, 3.63) is 0 Å². The Labute approximate surface area is 71.9 Å². The van der Waals surface area contributed by atoms with Gasteiger partial charge in [0.25, 0.3) is 0 Å². The number of rotatable bonds is 4. The van der Waals surface area contributed by atoms with Crippen molar-refractivity contribution in [3.8, 4) is 0 Å². The van der Waals surface area contributed by atoms with Crippen molar-refractivity contribution in [1.82, 2.24) is 0 Å². The van der Waals surface area contributed by atoms with Gasteiger partial charge in [-0.15, -0.1) is 0 Å². The van der Waals surface area contributed by atoms with Gasteiger partial charge in [0.05, 0.1) is 0 Å². The zero-order chi connectivity index (χ0) is 9.78. The third-order valence-electron chi connectivity index (χ3n) is 1.19. The molecule has 0 aromatic rings. The fourth-order valence-electron chi connectivity index (χ4n) is 0.711. The van der Waals surface area contributed by atoms with Crippen LogP contribution in [0.25, 0.3) is 0 Å². The van der Waals surface area contributed by atoms with Gasteiger partial charge < -0.3 is 4.74 Å². The molecular weight excluding hydrogens is 182 g/mol. The fraction of sp³-hybridized carbons (Fsp3) is 0.833. The summed E-state index contributed by atoms with van der Waals surface area (Å²) in [5.41, 5.74) is -1.19. The summed E-state index contributed by atoms with van der Waals surface area (Å²) in [7, 11) is -3.77. The molecule has 0 aliphatic carbocycles. The van der Waals surface area contributed by atoms with Gasteiger partial charge in [-0.25, -0.2) is 13.6 Å². The third kappa shape index (κ3) is 4.30. The van der Waals surface area contributed by atoms with Gasteiger partial charge in [-0.05, 0) is 0 Å². The number of carbonyl (C=O) groups is 1. The quantitative estimate of drug-likeness (QED) is 0.638. The van der Waals surface area contributed by atoms with Crippen molar-refractivity contribution >= 4 is 16.0 Å². The number of primary sulfonamides is 1. The Morgan fingerprint density at radius 3 is 2.33 bits per heavy atom. The molecule has 0 heterocycles. The number of sulfonamides is 1. The summed E-state index contributed by atoms with van der Waals surface area (Å²) in [6.45, 7) is 2.93. The second-order valence-electron chi connectivity index (χ2n) is 2.42. The predicted molar refractivity (Wildman–Crippen MR) is 43.6 cm³/mol. The van der Waals surface area contributed by atoms with Crippen molar-refractivity contribution in [2.75, 3.05) is 0 Å². The monoisotopic (exact) mass is 195 g/mol. The van der Waals surface area contributed by atoms with E-state index < -0.39 is 21.4 Å². The van der Waals surface area contributed by atoms with Crippen molar-refractivity contribution < 1.29 is 17.9 Å². The number of esters is 1. The Morgan fingerprint density at radius 1 is 1.58 bits per heavy atom. The molecule has 0 aliphatic heterocycles. The highest BCUT2D eigenvalue weighted by Crippen LogP contribution is 2.06. The van der Waals surface area contributed by atoms with Crippen LogP contribution in [0, 0.1) is 0 Å². The number of hydrogen-bond acceptors (Lipinski definition) is 4. The van der Waals surface area contributed by atoms with Crippen LogP contribution >= 0.6 is 0 Å². The molecule has 6 heteroatoms. The first-order chi connectivity index (χ1) is 5.38. The Hall–Kier alpha value is -0.620. The van der Waals surface area contributed by atoms with Gasteiger partial charge >= 0.3 is 5.97 Å². The molecule has 0 rings (SSSR count). The highest BCUT2D eigenvalue weighted by Gasteiger charge is 2.22. The third-order valence-corrected chi connectivity index (χ3v) is 2.25. The zero-order valence-electron chi connectivity index (χ0n) is 7.11. The maximum atomic E-state index is 10.8. The van der Waals surface area contributed by atoms with Crippen LogP contribution in [0.5, 0.6) is 0 Å². The van der Waals surface area contributed by atoms with Crippen molar-refractivity contribution in [2.24, 2.45) is 5.14 Å². The minimum Gasteiger partial charge on any atom is -0.445 e. The smallest absolute Gasteiger partial charge is 0.303 e. The summed E-state index contributed by atoms with van der Waals surface area (Å²) in [6.07, 6.45) is 0.826. The first kappa shape index (κ1) is 11.4. The highest BCUT2D eigenvalue weighted by atomic mass is 32.2. The molecular formula is C6H13NO4S. The van der Waals surface area contributed by atoms with E-state index in [0.717, 1.165) is 6.92 Å². The fourth-order valence-corrected chi connectivity index (χ4v) is 1.54. The van der Waals surface area contributed by atoms with Gasteiger partial charge in [-0.1, -0.05) is 13.3 Å². The average Bonchev–Trinajstić information content (AvgIpc) is 1.83. The van der Waals surface area contributed by atoms with E-state index in [0.29, 0.717) is 6.42 Å². The lowest BCUT2D eigenvalue weighted by molar-refractivity contribution is -0.142. The van der Waals surface area contributed by atoms with Crippen molar-refractivity contribution in [3.63, 3.8) is 0 Å². The Balaban J connectivity index is 4.34. The first-order valence-electron chi connectivity index (χ1n) is 3.56. The van der Waals surface area contributed by atoms with E-state index in [1.807, 2.05) is 0 Å². The van der Waals surface area contributed by atoms with Crippen LogP contribution in [0.15, 0.2) is 0 Å². The van der Waals surface area contributed by atoms with Crippen LogP contribution in [-0.2, 0) is 19.6 Å². The van der Waals surface area contributed by atoms with Gasteiger partial charge in [-0.2, -0.15) is 0 Å². The molecule has 2 N–H and O–H groups in total. The standard InChI is InChI=1S/C6H13NO4S/c1-3-4-6(11-5(2)8)12(7,9)10/h6H,3-4H2,1-2H3,(H2,7,9,10). The van der Waals surface area contributed by atoms with Crippen LogP contribution in [-0.4, -0.2) is 19.8 Å². The van der Waals surface area contributed by atoms with E-state index in [1.54, 1.807) is 6.92 Å². The van der Waals surface area contributed by atoms with Gasteiger partial charge in [0, 0.05) is 13.3 Å². The summed E-state index contributed by atoms with van der Waals surface area (Å²) in [6, 6.07) is 0. The van der Waals surface area contributed by atoms with E-state index in [1.165, 1.54) is 0 Å². The molecule has 0 radical (unpaired) electrons. The number of ether oxygens (including phenoxy) is 1. The Morgan fingerprint density at radius 2 is 2.08 bits per heavy atom. The SMILES string of the molecule is CCCC(OC(C)=O)S(N)(=O)=O. The van der Waals surface area contributed by atoms with Gasteiger partial charge in [-0.3, -0.25) is 4.79 Å². The van der Waals surface area contributed by atoms with Gasteiger partial charge in [0.1, 0.15) is 0 Å². The summed E-state index contributed by atoms with van der Waals surface area (Å²) >= 11 is 0. The molecule has 0 bridgehead atoms. The summed E-state index contributed by atoms with van der Waals surface area (Å²) in [5.74, 6) is -0.637. The number of hydrogen-bond donors (Lipinski definition) is 1. The molecule has 0 saturated heterocycles. The van der Waals surface area contributed by atoms with Gasteiger partial charge in [0.2, 0.25) is 15.5 Å². The van der Waals surface area contributed by atoms with Crippen LogP contribution in [0.2, 0.25) is 0 Å². The summed E-state index contributed by atoms with van der Waals surface area (Å²) in [5, 5.41) is 4.81. The minimum absolute atomic E-state index is 0.235. The normalized spacial score (nSPS) is 13.9. The Kier molecular flexibility index (Phi) is 4.19. The van der Waals surface area contributed by atoms with Crippen LogP contribution in [0.3, 0.4) is 0 Å². The molecule has 0 aliphatic rings. The molecule has 1 unspecified atom stereocenters. The molecule has 12 heavy (non-hydrogen) atoms. The van der Waals surface area contributed by atoms with Crippen LogP contribution in [0.1, 0.15) is 26.7 Å². The lowest BCUT2D eigenvalue weighted by Gasteiger charge is -2.12. The lowest BCUT2D eigenvalue weighted by atomic mass is 10.4. The molecule has 0 aromatic heterocycles. The minimum atomic E-state index is -3.77. The molecule has 0 saturated carbocycles. The van der Waals surface area contributed by atoms with Gasteiger partial charge in [0.15, 0.2) is 0 Å². The lowest BCUT2D eigenvalue weighted by Crippen LogP contribution is -2.32. The molecule has 0 amide bonds. The maximum Gasteiger partial charge on any atom is 0.303 e. The molecule has 5 nitrogen and oxygen atoms in total. The number of carbonyl (C=O) groups excluding carboxylic acids is 1. The van der Waals surface area contributed by atoms with E-state index >= 15 is 0 Å². The molecule has 72 valence electrons.